The van der Waals surface area contributed by atoms with Gasteiger partial charge in [-0.05, 0) is 13.3 Å². The molecule has 0 aliphatic carbocycles. The normalized spacial score (nSPS) is 30.3. The Morgan fingerprint density at radius 2 is 1.71 bits per heavy atom. The van der Waals surface area contributed by atoms with Crippen LogP contribution in [-0.2, 0) is 43.2 Å². The maximum atomic E-state index is 12.0. The van der Waals surface area contributed by atoms with Crippen molar-refractivity contribution in [2.24, 2.45) is 5.73 Å². The second-order valence-electron chi connectivity index (χ2n) is 7.37. The van der Waals surface area contributed by atoms with E-state index in [4.69, 9.17) is 20.7 Å². The predicted octanol–water partition coefficient (Wildman–Crippen LogP) is -5.61. The highest BCUT2D eigenvalue weighted by molar-refractivity contribution is 5.84. The van der Waals surface area contributed by atoms with E-state index in [1.165, 1.54) is 0 Å². The molecule has 0 radical (unpaired) electrons. The first-order chi connectivity index (χ1) is 15.6. The Balaban J connectivity index is 2.61. The topological polar surface area (TPSA) is 282 Å². The average molecular weight is 501 g/mol. The molecule has 3 unspecified atom stereocenters. The van der Waals surface area contributed by atoms with Gasteiger partial charge in [-0.1, -0.05) is 0 Å². The largest absolute Gasteiger partial charge is 0.426 e. The van der Waals surface area contributed by atoms with Gasteiger partial charge in [0.05, 0.1) is 6.61 Å². The minimum Gasteiger partial charge on any atom is -0.420 e. The van der Waals surface area contributed by atoms with Crippen LogP contribution in [0.4, 0.5) is 0 Å². The second kappa shape index (κ2) is 11.8. The van der Waals surface area contributed by atoms with Crippen LogP contribution < -0.4 is 5.73 Å². The van der Waals surface area contributed by atoms with E-state index in [1.54, 1.807) is 0 Å². The summed E-state index contributed by atoms with van der Waals surface area (Å²) in [5.74, 6) is -12.0. The Hall–Kier alpha value is -2.48. The number of aliphatic hydroxyl groups is 7. The fraction of sp³-hybridized carbons (Fsp3) is 0.765. The molecule has 0 spiro atoms. The highest BCUT2D eigenvalue weighted by atomic mass is 17.2. The van der Waals surface area contributed by atoms with Gasteiger partial charge in [-0.25, -0.2) is 19.4 Å². The number of aliphatic hydroxyl groups excluding tert-OH is 5. The van der Waals surface area contributed by atoms with Crippen LogP contribution in [0.2, 0.25) is 0 Å². The van der Waals surface area contributed by atoms with Crippen molar-refractivity contribution in [1.82, 2.24) is 0 Å². The van der Waals surface area contributed by atoms with Gasteiger partial charge in [-0.15, -0.1) is 0 Å². The third-order valence-corrected chi connectivity index (χ3v) is 4.37. The second-order valence-corrected chi connectivity index (χ2v) is 7.37. The van der Waals surface area contributed by atoms with Gasteiger partial charge >= 0.3 is 35.6 Å². The van der Waals surface area contributed by atoms with Crippen molar-refractivity contribution in [3.63, 3.8) is 0 Å². The Morgan fingerprint density at radius 3 is 2.24 bits per heavy atom. The smallest absolute Gasteiger partial charge is 0.420 e. The van der Waals surface area contributed by atoms with E-state index in [1.807, 2.05) is 0 Å². The first-order valence-corrected chi connectivity index (χ1v) is 9.64. The van der Waals surface area contributed by atoms with Crippen LogP contribution in [-0.4, -0.2) is 115 Å². The molecular weight excluding hydrogens is 474 g/mol. The molecule has 0 saturated carbocycles. The number of esters is 2. The van der Waals surface area contributed by atoms with Crippen LogP contribution in [0.5, 0.6) is 0 Å². The molecule has 1 aliphatic heterocycles. The number of nitrogens with two attached hydrogens (primary N) is 1. The zero-order valence-electron chi connectivity index (χ0n) is 18.0. The van der Waals surface area contributed by atoms with Crippen molar-refractivity contribution in [3.8, 4) is 0 Å². The van der Waals surface area contributed by atoms with Crippen molar-refractivity contribution in [1.29, 1.82) is 0 Å². The number of hydrogen-bond acceptors (Lipinski definition) is 17. The number of rotatable bonds is 9. The molecular formula is C17H27NO16. The lowest BCUT2D eigenvalue weighted by Gasteiger charge is -2.43. The molecule has 9 N–H and O–H groups in total. The Kier molecular flexibility index (Phi) is 10.2. The van der Waals surface area contributed by atoms with Gasteiger partial charge in [-0.3, -0.25) is 9.59 Å². The van der Waals surface area contributed by atoms with Crippen LogP contribution in [0, 0.1) is 0 Å². The molecule has 34 heavy (non-hydrogen) atoms. The van der Waals surface area contributed by atoms with E-state index in [-0.39, 0.29) is 0 Å². The van der Waals surface area contributed by atoms with Gasteiger partial charge in [0.25, 0.3) is 0 Å². The molecule has 17 heteroatoms. The van der Waals surface area contributed by atoms with Gasteiger partial charge in [0.1, 0.15) is 24.4 Å². The van der Waals surface area contributed by atoms with E-state index in [9.17, 15) is 44.7 Å². The molecule has 1 aliphatic rings. The minimum absolute atomic E-state index is 0.555. The van der Waals surface area contributed by atoms with Crippen LogP contribution in [0.3, 0.4) is 0 Å². The van der Waals surface area contributed by atoms with Gasteiger partial charge in [0.2, 0.25) is 0 Å². The van der Waals surface area contributed by atoms with Crippen LogP contribution >= 0.6 is 0 Å². The quantitative estimate of drug-likeness (QED) is 0.0632. The van der Waals surface area contributed by atoms with Gasteiger partial charge in [0.15, 0.2) is 12.2 Å². The molecule has 0 amide bonds. The zero-order valence-corrected chi connectivity index (χ0v) is 18.0. The molecule has 0 bridgehead atoms. The lowest BCUT2D eigenvalue weighted by molar-refractivity contribution is -0.434. The monoisotopic (exact) mass is 501 g/mol. The third kappa shape index (κ3) is 7.52. The summed E-state index contributed by atoms with van der Waals surface area (Å²) < 4.78 is 13.7. The molecule has 1 fully saturated rings. The number of hydrogen-bond donors (Lipinski definition) is 8. The first kappa shape index (κ1) is 29.6. The number of ether oxygens (including phenoxy) is 3. The number of carbonyl (C=O) groups is 4. The van der Waals surface area contributed by atoms with Gasteiger partial charge in [0, 0.05) is 13.3 Å². The van der Waals surface area contributed by atoms with E-state index in [2.05, 4.69) is 19.2 Å². The Bertz CT molecular complexity index is 754. The molecule has 17 nitrogen and oxygen atoms in total. The fourth-order valence-corrected chi connectivity index (χ4v) is 2.35. The molecule has 196 valence electrons. The van der Waals surface area contributed by atoms with Crippen LogP contribution in [0.25, 0.3) is 0 Å². The maximum Gasteiger partial charge on any atom is 0.426 e. The lowest BCUT2D eigenvalue weighted by Crippen LogP contribution is -2.66. The van der Waals surface area contributed by atoms with Crippen molar-refractivity contribution in [3.05, 3.63) is 0 Å². The lowest BCUT2D eigenvalue weighted by atomic mass is 9.98. The third-order valence-electron chi connectivity index (χ3n) is 4.37. The highest BCUT2D eigenvalue weighted by Crippen LogP contribution is 2.29. The van der Waals surface area contributed by atoms with E-state index in [0.29, 0.717) is 6.92 Å². The SMILES string of the molecule is CC(O)C(=O)OOC(=O)C(C)(O)OC(=O)[C@H](N)CCC(=O)OC1(O)O[C@H](CO)[C@@H](O)[C@H](O)[C@H]1O. The fourth-order valence-electron chi connectivity index (χ4n) is 2.35. The Morgan fingerprint density at radius 1 is 1.12 bits per heavy atom. The van der Waals surface area contributed by atoms with Crippen LogP contribution in [0.1, 0.15) is 26.7 Å². The van der Waals surface area contributed by atoms with E-state index < -0.39 is 91.6 Å². The average Bonchev–Trinajstić information content (AvgIpc) is 2.76. The summed E-state index contributed by atoms with van der Waals surface area (Å²) in [6.07, 6.45) is -10.7. The van der Waals surface area contributed by atoms with Crippen molar-refractivity contribution in [2.75, 3.05) is 6.61 Å². The highest BCUT2D eigenvalue weighted by Gasteiger charge is 2.55. The molecule has 8 atom stereocenters. The molecule has 1 rings (SSSR count). The minimum atomic E-state index is -3.15. The summed E-state index contributed by atoms with van der Waals surface area (Å²) in [5.41, 5.74) is 5.50. The molecule has 0 aromatic rings. The van der Waals surface area contributed by atoms with Gasteiger partial charge < -0.3 is 55.7 Å². The maximum absolute atomic E-state index is 12.0. The summed E-state index contributed by atoms with van der Waals surface area (Å²) >= 11 is 0. The summed E-state index contributed by atoms with van der Waals surface area (Å²) in [6, 6.07) is -1.66. The summed E-state index contributed by atoms with van der Waals surface area (Å²) in [4.78, 5) is 54.5. The molecule has 0 aromatic carbocycles. The number of carbonyl (C=O) groups excluding carboxylic acids is 4. The van der Waals surface area contributed by atoms with Crippen LogP contribution in [0.15, 0.2) is 0 Å². The zero-order chi connectivity index (χ0) is 26.4. The Labute approximate surface area is 191 Å². The standard InChI is InChI=1S/C17H27NO16/c1-6(20)13(25)33-34-15(27)16(2,28)32-14(26)7(18)3-4-9(21)31-17(29)12(24)11(23)10(22)8(5-19)30-17/h6-8,10-12,19-20,22-24,28-29H,3-5,18H2,1-2H3/t6?,7-,8-,10-,11+,12-,16?,17?/m1/s1. The molecule has 0 aromatic heterocycles. The molecule has 1 saturated heterocycles. The predicted molar refractivity (Wildman–Crippen MR) is 98.8 cm³/mol. The summed E-state index contributed by atoms with van der Waals surface area (Å²) in [6.45, 7) is 0.718. The van der Waals surface area contributed by atoms with E-state index in [0.717, 1.165) is 6.92 Å². The van der Waals surface area contributed by atoms with E-state index >= 15 is 0 Å². The molecule has 1 heterocycles. The summed E-state index contributed by atoms with van der Waals surface area (Å²) in [7, 11) is 0. The summed E-state index contributed by atoms with van der Waals surface area (Å²) in [5, 5.41) is 67.2. The van der Waals surface area contributed by atoms with Crippen molar-refractivity contribution < 1.29 is 78.9 Å². The first-order valence-electron chi connectivity index (χ1n) is 9.64. The van der Waals surface area contributed by atoms with Crippen molar-refractivity contribution >= 4 is 23.9 Å². The van der Waals surface area contributed by atoms with Crippen molar-refractivity contribution in [2.45, 2.75) is 75.0 Å². The van der Waals surface area contributed by atoms with Gasteiger partial charge in [-0.2, -0.15) is 0 Å².